The number of rotatable bonds is 9. The molecule has 148 valence electrons. The maximum atomic E-state index is 12.3. The second-order valence-corrected chi connectivity index (χ2v) is 7.88. The van der Waals surface area contributed by atoms with E-state index in [-0.39, 0.29) is 35.0 Å². The number of nitrogens with two attached hydrogens (primary N) is 1. The molecule has 0 aliphatic carbocycles. The fourth-order valence-electron chi connectivity index (χ4n) is 2.49. The van der Waals surface area contributed by atoms with Crippen molar-refractivity contribution in [3.8, 4) is 0 Å². The third kappa shape index (κ3) is 7.77. The topological polar surface area (TPSA) is 106 Å². The molecule has 1 fully saturated rings. The molecule has 1 saturated heterocycles. The molecule has 9 heteroatoms. The van der Waals surface area contributed by atoms with E-state index in [1.165, 1.54) is 0 Å². The third-order valence-corrected chi connectivity index (χ3v) is 5.47. The van der Waals surface area contributed by atoms with E-state index in [1.54, 1.807) is 24.3 Å². The Morgan fingerprint density at radius 3 is 2.69 bits per heavy atom. The monoisotopic (exact) mass is 496 g/mol. The van der Waals surface area contributed by atoms with Gasteiger partial charge in [0, 0.05) is 19.7 Å². The van der Waals surface area contributed by atoms with Crippen molar-refractivity contribution in [3.63, 3.8) is 0 Å². The third-order valence-electron chi connectivity index (χ3n) is 4.03. The van der Waals surface area contributed by atoms with Crippen molar-refractivity contribution in [1.29, 1.82) is 0 Å². The van der Waals surface area contributed by atoms with Crippen LogP contribution in [0, 0.1) is 0 Å². The fraction of sp³-hybridized carbons (Fsp3) is 0.588. The molecule has 7 nitrogen and oxygen atoms in total. The minimum Gasteiger partial charge on any atom is -0.377 e. The lowest BCUT2D eigenvalue weighted by Gasteiger charge is -2.11. The number of halogens is 1. The summed E-state index contributed by atoms with van der Waals surface area (Å²) in [6.07, 6.45) is 4.00. The highest BCUT2D eigenvalue weighted by molar-refractivity contribution is 14.0. The summed E-state index contributed by atoms with van der Waals surface area (Å²) in [6.45, 7) is 4.35. The SMILES string of the molecule is CCCCNC(N)=NCc1ccc(S(=O)(=O)NCC2CCCO2)cc1.I. The van der Waals surface area contributed by atoms with Gasteiger partial charge in [0.1, 0.15) is 0 Å². The van der Waals surface area contributed by atoms with Gasteiger partial charge in [-0.1, -0.05) is 25.5 Å². The van der Waals surface area contributed by atoms with Crippen LogP contribution in [-0.4, -0.2) is 40.2 Å². The van der Waals surface area contributed by atoms with E-state index in [0.717, 1.165) is 37.8 Å². The molecule has 0 spiro atoms. The normalized spacial score (nSPS) is 17.7. The Balaban J connectivity index is 0.00000338. The fourth-order valence-corrected chi connectivity index (χ4v) is 3.56. The number of nitrogens with one attached hydrogen (secondary N) is 2. The summed E-state index contributed by atoms with van der Waals surface area (Å²) < 4.78 is 32.6. The van der Waals surface area contributed by atoms with Gasteiger partial charge in [0.2, 0.25) is 10.0 Å². The number of guanidine groups is 1. The summed E-state index contributed by atoms with van der Waals surface area (Å²) in [6, 6.07) is 6.68. The first-order chi connectivity index (χ1) is 12.0. The van der Waals surface area contributed by atoms with E-state index in [1.807, 2.05) is 0 Å². The minimum absolute atomic E-state index is 0. The van der Waals surface area contributed by atoms with Gasteiger partial charge in [0.05, 0.1) is 17.5 Å². The maximum absolute atomic E-state index is 12.3. The molecular weight excluding hydrogens is 467 g/mol. The molecule has 0 aromatic heterocycles. The molecule has 1 aromatic carbocycles. The Morgan fingerprint density at radius 1 is 1.35 bits per heavy atom. The second kappa shape index (κ2) is 11.7. The number of nitrogens with zero attached hydrogens (tertiary/aromatic N) is 1. The van der Waals surface area contributed by atoms with Crippen LogP contribution >= 0.6 is 24.0 Å². The molecule has 0 saturated carbocycles. The van der Waals surface area contributed by atoms with Gasteiger partial charge < -0.3 is 15.8 Å². The Bertz CT molecular complexity index is 659. The molecule has 1 heterocycles. The molecule has 1 aromatic rings. The second-order valence-electron chi connectivity index (χ2n) is 6.11. The Labute approximate surface area is 173 Å². The van der Waals surface area contributed by atoms with Crippen molar-refractivity contribution < 1.29 is 13.2 Å². The first kappa shape index (κ1) is 23.1. The predicted molar refractivity (Wildman–Crippen MR) is 114 cm³/mol. The van der Waals surface area contributed by atoms with Crippen LogP contribution in [0.25, 0.3) is 0 Å². The molecule has 4 N–H and O–H groups in total. The highest BCUT2D eigenvalue weighted by Crippen LogP contribution is 2.14. The molecule has 1 atom stereocenters. The largest absolute Gasteiger partial charge is 0.377 e. The Kier molecular flexibility index (Phi) is 10.4. The number of ether oxygens (including phenoxy) is 1. The van der Waals surface area contributed by atoms with Crippen LogP contribution < -0.4 is 15.8 Å². The molecule has 26 heavy (non-hydrogen) atoms. The lowest BCUT2D eigenvalue weighted by Crippen LogP contribution is -2.32. The van der Waals surface area contributed by atoms with Crippen molar-refractivity contribution in [3.05, 3.63) is 29.8 Å². The maximum Gasteiger partial charge on any atom is 0.240 e. The van der Waals surface area contributed by atoms with E-state index >= 15 is 0 Å². The highest BCUT2D eigenvalue weighted by atomic mass is 127. The average molecular weight is 496 g/mol. The molecule has 0 bridgehead atoms. The van der Waals surface area contributed by atoms with Gasteiger partial charge in [-0.25, -0.2) is 18.1 Å². The molecular formula is C17H29IN4O3S. The smallest absolute Gasteiger partial charge is 0.240 e. The quantitative estimate of drug-likeness (QED) is 0.210. The summed E-state index contributed by atoms with van der Waals surface area (Å²) in [5, 5.41) is 3.04. The van der Waals surface area contributed by atoms with Crippen LogP contribution in [0.5, 0.6) is 0 Å². The minimum atomic E-state index is -3.51. The first-order valence-electron chi connectivity index (χ1n) is 8.75. The number of aliphatic imine (C=N–C) groups is 1. The van der Waals surface area contributed by atoms with Crippen LogP contribution in [-0.2, 0) is 21.3 Å². The highest BCUT2D eigenvalue weighted by Gasteiger charge is 2.20. The standard InChI is InChI=1S/C17H28N4O3S.HI/c1-2-3-10-19-17(18)20-12-14-6-8-16(9-7-14)25(22,23)21-13-15-5-4-11-24-15;/h6-9,15,21H,2-5,10-13H2,1H3,(H3,18,19,20);1H. The number of hydrogen-bond donors (Lipinski definition) is 3. The zero-order valence-corrected chi connectivity index (χ0v) is 18.3. The number of sulfonamides is 1. The number of hydrogen-bond acceptors (Lipinski definition) is 4. The summed E-state index contributed by atoms with van der Waals surface area (Å²) in [4.78, 5) is 4.49. The van der Waals surface area contributed by atoms with Gasteiger partial charge in [0.25, 0.3) is 0 Å². The summed E-state index contributed by atoms with van der Waals surface area (Å²) in [5.41, 5.74) is 6.68. The van der Waals surface area contributed by atoms with Crippen LogP contribution in [0.15, 0.2) is 34.2 Å². The first-order valence-corrected chi connectivity index (χ1v) is 10.2. The molecule has 1 aliphatic heterocycles. The van der Waals surface area contributed by atoms with Crippen molar-refractivity contribution in [2.45, 2.75) is 50.2 Å². The van der Waals surface area contributed by atoms with E-state index in [2.05, 4.69) is 22.0 Å². The molecule has 0 amide bonds. The van der Waals surface area contributed by atoms with Crippen LogP contribution in [0.1, 0.15) is 38.2 Å². The molecule has 1 unspecified atom stereocenters. The van der Waals surface area contributed by atoms with Crippen molar-refractivity contribution in [2.24, 2.45) is 10.7 Å². The zero-order valence-electron chi connectivity index (χ0n) is 15.1. The molecule has 2 rings (SSSR count). The average Bonchev–Trinajstić information content (AvgIpc) is 3.12. The predicted octanol–water partition coefficient (Wildman–Crippen LogP) is 1.97. The zero-order chi connectivity index (χ0) is 18.1. The van der Waals surface area contributed by atoms with Gasteiger partial charge in [0.15, 0.2) is 5.96 Å². The summed E-state index contributed by atoms with van der Waals surface area (Å²) in [7, 11) is -3.51. The summed E-state index contributed by atoms with van der Waals surface area (Å²) >= 11 is 0. The van der Waals surface area contributed by atoms with Crippen molar-refractivity contribution in [2.75, 3.05) is 19.7 Å². The Morgan fingerprint density at radius 2 is 2.08 bits per heavy atom. The van der Waals surface area contributed by atoms with Gasteiger partial charge in [-0.2, -0.15) is 0 Å². The summed E-state index contributed by atoms with van der Waals surface area (Å²) in [5.74, 6) is 0.406. The van der Waals surface area contributed by atoms with Crippen molar-refractivity contribution in [1.82, 2.24) is 10.0 Å². The van der Waals surface area contributed by atoms with Crippen LogP contribution in [0.3, 0.4) is 0 Å². The van der Waals surface area contributed by atoms with Crippen molar-refractivity contribution >= 4 is 40.0 Å². The lowest BCUT2D eigenvalue weighted by molar-refractivity contribution is 0.114. The van der Waals surface area contributed by atoms with Crippen LogP contribution in [0.2, 0.25) is 0 Å². The molecule has 0 radical (unpaired) electrons. The number of unbranched alkanes of at least 4 members (excludes halogenated alkanes) is 1. The van der Waals surface area contributed by atoms with Gasteiger partial charge in [-0.3, -0.25) is 0 Å². The molecule has 1 aliphatic rings. The van der Waals surface area contributed by atoms with E-state index in [9.17, 15) is 8.42 Å². The lowest BCUT2D eigenvalue weighted by atomic mass is 10.2. The van der Waals surface area contributed by atoms with Gasteiger partial charge in [-0.05, 0) is 37.0 Å². The van der Waals surface area contributed by atoms with E-state index < -0.39 is 10.0 Å². The van der Waals surface area contributed by atoms with Gasteiger partial charge in [-0.15, -0.1) is 24.0 Å². The van der Waals surface area contributed by atoms with E-state index in [0.29, 0.717) is 25.7 Å². The van der Waals surface area contributed by atoms with Gasteiger partial charge >= 0.3 is 0 Å². The van der Waals surface area contributed by atoms with Crippen LogP contribution in [0.4, 0.5) is 0 Å². The van der Waals surface area contributed by atoms with E-state index in [4.69, 9.17) is 10.5 Å². The number of benzene rings is 1. The Hall–Kier alpha value is -0.910.